The summed E-state index contributed by atoms with van der Waals surface area (Å²) in [7, 11) is 0. The summed E-state index contributed by atoms with van der Waals surface area (Å²) in [6.45, 7) is 0.304. The van der Waals surface area contributed by atoms with E-state index in [1.807, 2.05) is 0 Å². The van der Waals surface area contributed by atoms with Gasteiger partial charge < -0.3 is 10.6 Å². The van der Waals surface area contributed by atoms with Crippen molar-refractivity contribution in [3.8, 4) is 0 Å². The number of rotatable bonds is 5. The Bertz CT molecular complexity index is 1280. The summed E-state index contributed by atoms with van der Waals surface area (Å²) < 4.78 is 41.4. The van der Waals surface area contributed by atoms with Crippen molar-refractivity contribution in [1.82, 2.24) is 14.3 Å². The van der Waals surface area contributed by atoms with E-state index >= 15 is 0 Å². The van der Waals surface area contributed by atoms with Crippen LogP contribution in [0.4, 0.5) is 24.5 Å². The zero-order valence-corrected chi connectivity index (χ0v) is 18.1. The third-order valence-corrected chi connectivity index (χ3v) is 5.43. The number of aromatic nitrogens is 3. The first kappa shape index (κ1) is 23.3. The molecule has 1 aliphatic heterocycles. The van der Waals surface area contributed by atoms with Crippen molar-refractivity contribution in [1.29, 1.82) is 0 Å². The van der Waals surface area contributed by atoms with Crippen molar-refractivity contribution in [2.24, 2.45) is 0 Å². The van der Waals surface area contributed by atoms with Crippen LogP contribution in [0.25, 0.3) is 0 Å². The van der Waals surface area contributed by atoms with Gasteiger partial charge in [-0.25, -0.2) is 9.48 Å². The van der Waals surface area contributed by atoms with E-state index in [0.717, 1.165) is 36.1 Å². The van der Waals surface area contributed by atoms with Gasteiger partial charge in [0.25, 0.3) is 5.91 Å². The largest absolute Gasteiger partial charge is 0.416 e. The van der Waals surface area contributed by atoms with Gasteiger partial charge in [-0.05, 0) is 49.2 Å². The van der Waals surface area contributed by atoms with E-state index < -0.39 is 23.6 Å². The van der Waals surface area contributed by atoms with Gasteiger partial charge in [-0.3, -0.25) is 14.2 Å². The highest BCUT2D eigenvalue weighted by Gasteiger charge is 2.30. The maximum absolute atomic E-state index is 12.9. The number of nitrogens with zero attached hydrogens (tertiary/aromatic N) is 3. The fourth-order valence-corrected chi connectivity index (χ4v) is 3.78. The summed E-state index contributed by atoms with van der Waals surface area (Å²) in [4.78, 5) is 37.5. The van der Waals surface area contributed by atoms with Gasteiger partial charge in [0.2, 0.25) is 5.91 Å². The van der Waals surface area contributed by atoms with Crippen LogP contribution in [0.2, 0.25) is 0 Å². The normalized spacial score (nSPS) is 13.6. The van der Waals surface area contributed by atoms with Crippen molar-refractivity contribution >= 4 is 23.2 Å². The average Bonchev–Trinajstić information content (AvgIpc) is 2.94. The van der Waals surface area contributed by atoms with Gasteiger partial charge in [0, 0.05) is 29.9 Å². The zero-order chi connectivity index (χ0) is 24.3. The first-order chi connectivity index (χ1) is 16.2. The molecule has 11 heteroatoms. The van der Waals surface area contributed by atoms with Crippen LogP contribution in [0.1, 0.15) is 41.0 Å². The van der Waals surface area contributed by atoms with Gasteiger partial charge in [0.15, 0.2) is 0 Å². The number of anilines is 2. The summed E-state index contributed by atoms with van der Waals surface area (Å²) in [5.74, 6) is -0.459. The molecule has 0 fully saturated rings. The van der Waals surface area contributed by atoms with Crippen LogP contribution in [0, 0.1) is 0 Å². The molecule has 2 heterocycles. The second-order valence-corrected chi connectivity index (χ2v) is 7.98. The van der Waals surface area contributed by atoms with E-state index in [1.165, 1.54) is 30.3 Å². The Labute approximate surface area is 192 Å². The molecule has 3 aromatic rings. The van der Waals surface area contributed by atoms with E-state index in [1.54, 1.807) is 10.6 Å². The van der Waals surface area contributed by atoms with E-state index in [2.05, 4.69) is 15.7 Å². The molecule has 0 aliphatic carbocycles. The number of alkyl halides is 3. The van der Waals surface area contributed by atoms with Crippen LogP contribution in [-0.4, -0.2) is 26.2 Å². The van der Waals surface area contributed by atoms with E-state index in [9.17, 15) is 27.6 Å². The minimum Gasteiger partial charge on any atom is -0.324 e. The predicted octanol–water partition coefficient (Wildman–Crippen LogP) is 3.68. The fourth-order valence-electron chi connectivity index (χ4n) is 3.78. The molecule has 0 radical (unpaired) electrons. The Hall–Kier alpha value is -3.89. The molecule has 0 atom stereocenters. The number of carbonyl (C=O) groups excluding carboxylic acids is 2. The molecule has 0 unspecified atom stereocenters. The van der Waals surface area contributed by atoms with Gasteiger partial charge in [0.05, 0.1) is 5.56 Å². The average molecular weight is 473 g/mol. The van der Waals surface area contributed by atoms with Gasteiger partial charge in [-0.15, -0.1) is 0 Å². The molecule has 2 amide bonds. The maximum Gasteiger partial charge on any atom is 0.416 e. The minimum atomic E-state index is -4.53. The Morgan fingerprint density at radius 2 is 1.71 bits per heavy atom. The lowest BCUT2D eigenvalue weighted by molar-refractivity contribution is -0.137. The highest BCUT2D eigenvalue weighted by molar-refractivity contribution is 6.05. The van der Waals surface area contributed by atoms with Crippen molar-refractivity contribution in [3.63, 3.8) is 0 Å². The Morgan fingerprint density at radius 3 is 2.47 bits per heavy atom. The number of amides is 2. The van der Waals surface area contributed by atoms with Crippen LogP contribution in [0.5, 0.6) is 0 Å². The molecule has 0 saturated heterocycles. The molecule has 0 spiro atoms. The Kier molecular flexibility index (Phi) is 6.53. The van der Waals surface area contributed by atoms with E-state index in [-0.39, 0.29) is 23.5 Å². The van der Waals surface area contributed by atoms with Gasteiger partial charge in [-0.2, -0.15) is 18.3 Å². The molecular formula is C23H22F3N5O3. The summed E-state index contributed by atoms with van der Waals surface area (Å²) in [5, 5.41) is 9.31. The molecule has 0 bridgehead atoms. The zero-order valence-electron chi connectivity index (χ0n) is 18.1. The molecule has 1 aromatic heterocycles. The first-order valence-corrected chi connectivity index (χ1v) is 10.8. The molecular weight excluding hydrogens is 451 g/mol. The van der Waals surface area contributed by atoms with Gasteiger partial charge >= 0.3 is 11.9 Å². The highest BCUT2D eigenvalue weighted by atomic mass is 19.4. The maximum atomic E-state index is 12.9. The van der Waals surface area contributed by atoms with Crippen LogP contribution >= 0.6 is 0 Å². The molecule has 4 rings (SSSR count). The molecule has 8 nitrogen and oxygen atoms in total. The summed E-state index contributed by atoms with van der Waals surface area (Å²) in [6.07, 6.45) is -0.980. The fraction of sp³-hybridized carbons (Fsp3) is 0.304. The predicted molar refractivity (Wildman–Crippen MR) is 119 cm³/mol. The number of aryl methyl sites for hydroxylation is 1. The lowest BCUT2D eigenvalue weighted by Gasteiger charge is -2.11. The standard InChI is InChI=1S/C23H22F3N5O3/c24-23(25,26)16-7-5-9-18(13-16)28-21(33)15-6-4-8-17(12-15)27-20(32)14-31-22(34)30-11-3-1-2-10-19(30)29-31/h4-9,12-13H,1-3,10-11,14H2,(H,27,32)(H,28,33). The van der Waals surface area contributed by atoms with Gasteiger partial charge in [0.1, 0.15) is 12.4 Å². The van der Waals surface area contributed by atoms with E-state index in [0.29, 0.717) is 24.5 Å². The summed E-state index contributed by atoms with van der Waals surface area (Å²) >= 11 is 0. The minimum absolute atomic E-state index is 0.00631. The number of benzene rings is 2. The molecule has 2 aromatic carbocycles. The van der Waals surface area contributed by atoms with Crippen molar-refractivity contribution in [3.05, 3.63) is 76.0 Å². The van der Waals surface area contributed by atoms with Crippen molar-refractivity contribution in [2.45, 2.75) is 44.9 Å². The SMILES string of the molecule is O=C(Cn1nc2n(c1=O)CCCCC2)Nc1cccc(C(=O)Nc2cccc(C(F)(F)F)c2)c1. The molecule has 2 N–H and O–H groups in total. The number of halogens is 3. The molecule has 1 aliphatic rings. The van der Waals surface area contributed by atoms with Gasteiger partial charge in [-0.1, -0.05) is 18.6 Å². The number of nitrogens with one attached hydrogen (secondary N) is 2. The number of fused-ring (bicyclic) bond motifs is 1. The Balaban J connectivity index is 1.42. The van der Waals surface area contributed by atoms with Crippen LogP contribution in [0.3, 0.4) is 0 Å². The summed E-state index contributed by atoms with van der Waals surface area (Å²) in [5.41, 5.74) is -0.774. The number of carbonyl (C=O) groups is 2. The third kappa shape index (κ3) is 5.36. The monoisotopic (exact) mass is 473 g/mol. The van der Waals surface area contributed by atoms with Crippen molar-refractivity contribution < 1.29 is 22.8 Å². The quantitative estimate of drug-likeness (QED) is 0.591. The third-order valence-electron chi connectivity index (χ3n) is 5.43. The molecule has 0 saturated carbocycles. The molecule has 34 heavy (non-hydrogen) atoms. The Morgan fingerprint density at radius 1 is 0.971 bits per heavy atom. The lowest BCUT2D eigenvalue weighted by Crippen LogP contribution is -2.30. The molecule has 178 valence electrons. The van der Waals surface area contributed by atoms with Crippen LogP contribution in [-0.2, 0) is 30.5 Å². The smallest absolute Gasteiger partial charge is 0.324 e. The first-order valence-electron chi connectivity index (χ1n) is 10.8. The highest BCUT2D eigenvalue weighted by Crippen LogP contribution is 2.30. The lowest BCUT2D eigenvalue weighted by atomic mass is 10.1. The summed E-state index contributed by atoms with van der Waals surface area (Å²) in [6, 6.07) is 10.3. The number of hydrogen-bond acceptors (Lipinski definition) is 4. The van der Waals surface area contributed by atoms with E-state index in [4.69, 9.17) is 0 Å². The second kappa shape index (κ2) is 9.54. The topological polar surface area (TPSA) is 98.0 Å². The van der Waals surface area contributed by atoms with Crippen molar-refractivity contribution in [2.75, 3.05) is 10.6 Å². The number of hydrogen-bond donors (Lipinski definition) is 2. The van der Waals surface area contributed by atoms with Crippen LogP contribution < -0.4 is 16.3 Å². The second-order valence-electron chi connectivity index (χ2n) is 7.98. The van der Waals surface area contributed by atoms with Crippen LogP contribution in [0.15, 0.2) is 53.3 Å².